The highest BCUT2D eigenvalue weighted by Gasteiger charge is 2.25. The van der Waals surface area contributed by atoms with Gasteiger partial charge in [0.25, 0.3) is 0 Å². The van der Waals surface area contributed by atoms with Gasteiger partial charge in [-0.3, -0.25) is 0 Å². The predicted octanol–water partition coefficient (Wildman–Crippen LogP) is 1.21. The van der Waals surface area contributed by atoms with Gasteiger partial charge in [-0.2, -0.15) is 4.31 Å². The van der Waals surface area contributed by atoms with Gasteiger partial charge in [0.1, 0.15) is 12.4 Å². The summed E-state index contributed by atoms with van der Waals surface area (Å²) in [6.45, 7) is 4.61. The summed E-state index contributed by atoms with van der Waals surface area (Å²) in [4.78, 5) is 0. The minimum atomic E-state index is -3.24. The minimum absolute atomic E-state index is 0.134. The Kier molecular flexibility index (Phi) is 5.39. The van der Waals surface area contributed by atoms with Crippen LogP contribution in [0.5, 0.6) is 5.75 Å². The molecule has 0 fully saturated rings. The molecule has 0 aliphatic carbocycles. The van der Waals surface area contributed by atoms with E-state index in [9.17, 15) is 8.42 Å². The molecule has 2 rings (SSSR count). The molecule has 1 aliphatic heterocycles. The first kappa shape index (κ1) is 15.3. The summed E-state index contributed by atoms with van der Waals surface area (Å²) >= 11 is 0. The number of hydrogen-bond acceptors (Lipinski definition) is 4. The molecule has 1 heterocycles. The number of nitrogens with one attached hydrogen (secondary N) is 1. The second-order valence-electron chi connectivity index (χ2n) is 4.86. The van der Waals surface area contributed by atoms with Crippen LogP contribution in [0.4, 0.5) is 0 Å². The van der Waals surface area contributed by atoms with E-state index in [1.54, 1.807) is 0 Å². The van der Waals surface area contributed by atoms with Crippen LogP contribution in [0.2, 0.25) is 0 Å². The third-order valence-electron chi connectivity index (χ3n) is 3.27. The number of hydrogen-bond donors (Lipinski definition) is 1. The lowest BCUT2D eigenvalue weighted by atomic mass is 10.2. The normalized spacial score (nSPS) is 16.2. The van der Waals surface area contributed by atoms with Crippen molar-refractivity contribution in [3.8, 4) is 5.75 Å². The molecule has 6 heteroatoms. The van der Waals surface area contributed by atoms with Crippen molar-refractivity contribution in [1.29, 1.82) is 0 Å². The minimum Gasteiger partial charge on any atom is -0.492 e. The van der Waals surface area contributed by atoms with Crippen molar-refractivity contribution in [2.75, 3.05) is 32.0 Å². The number of para-hydroxylation sites is 1. The maximum atomic E-state index is 12.3. The van der Waals surface area contributed by atoms with Crippen molar-refractivity contribution in [3.63, 3.8) is 0 Å². The lowest BCUT2D eigenvalue weighted by Gasteiger charge is -2.19. The molecule has 1 aliphatic rings. The third kappa shape index (κ3) is 3.94. The first-order valence-corrected chi connectivity index (χ1v) is 8.63. The average Bonchev–Trinajstić information content (AvgIpc) is 2.66. The van der Waals surface area contributed by atoms with E-state index in [1.165, 1.54) is 4.31 Å². The molecule has 0 saturated heterocycles. The Hall–Kier alpha value is -1.11. The first-order valence-electron chi connectivity index (χ1n) is 7.02. The van der Waals surface area contributed by atoms with Crippen molar-refractivity contribution < 1.29 is 13.2 Å². The molecule has 1 aromatic rings. The first-order chi connectivity index (χ1) is 9.63. The van der Waals surface area contributed by atoms with E-state index in [0.717, 1.165) is 24.3 Å². The molecule has 1 N–H and O–H groups in total. The predicted molar refractivity (Wildman–Crippen MR) is 79.3 cm³/mol. The molecular weight excluding hydrogens is 276 g/mol. The molecule has 0 saturated carbocycles. The molecule has 1 aromatic carbocycles. The van der Waals surface area contributed by atoms with Gasteiger partial charge in [-0.05, 0) is 19.0 Å². The zero-order chi connectivity index (χ0) is 14.4. The topological polar surface area (TPSA) is 58.6 Å². The molecule has 0 spiro atoms. The van der Waals surface area contributed by atoms with Crippen LogP contribution in [0.3, 0.4) is 0 Å². The van der Waals surface area contributed by atoms with Crippen molar-refractivity contribution in [1.82, 2.24) is 9.62 Å². The van der Waals surface area contributed by atoms with Crippen molar-refractivity contribution in [2.24, 2.45) is 0 Å². The Morgan fingerprint density at radius 3 is 2.90 bits per heavy atom. The summed E-state index contributed by atoms with van der Waals surface area (Å²) in [5.74, 6) is 0.920. The second kappa shape index (κ2) is 7.06. The Morgan fingerprint density at radius 1 is 1.30 bits per heavy atom. The molecule has 0 radical (unpaired) electrons. The van der Waals surface area contributed by atoms with E-state index in [4.69, 9.17) is 4.74 Å². The highest BCUT2D eigenvalue weighted by Crippen LogP contribution is 2.23. The molecule has 5 nitrogen and oxygen atoms in total. The molecule has 0 aromatic heterocycles. The maximum absolute atomic E-state index is 12.3. The molecule has 20 heavy (non-hydrogen) atoms. The van der Waals surface area contributed by atoms with Gasteiger partial charge in [-0.25, -0.2) is 8.42 Å². The molecule has 112 valence electrons. The van der Waals surface area contributed by atoms with E-state index < -0.39 is 10.0 Å². The van der Waals surface area contributed by atoms with Gasteiger partial charge < -0.3 is 10.1 Å². The summed E-state index contributed by atoms with van der Waals surface area (Å²) < 4.78 is 31.8. The smallest absolute Gasteiger partial charge is 0.215 e. The molecular formula is C14H22N2O3S. The van der Waals surface area contributed by atoms with Crippen LogP contribution >= 0.6 is 0 Å². The Labute approximate surface area is 121 Å². The van der Waals surface area contributed by atoms with Gasteiger partial charge in [0.05, 0.1) is 5.75 Å². The van der Waals surface area contributed by atoms with Gasteiger partial charge in [0, 0.05) is 25.2 Å². The lowest BCUT2D eigenvalue weighted by molar-refractivity contribution is 0.293. The average molecular weight is 298 g/mol. The van der Waals surface area contributed by atoms with E-state index in [-0.39, 0.29) is 5.75 Å². The number of fused-ring (bicyclic) bond motifs is 1. The maximum Gasteiger partial charge on any atom is 0.215 e. The standard InChI is InChI=1S/C14H22N2O3S/c1-2-7-15-8-11-20(17,18)16-9-10-19-14-6-4-3-5-13(14)12-16/h3-6,15H,2,7-12H2,1H3. The zero-order valence-corrected chi connectivity index (χ0v) is 12.7. The number of ether oxygens (including phenoxy) is 1. The number of rotatable bonds is 6. The van der Waals surface area contributed by atoms with E-state index >= 15 is 0 Å². The van der Waals surface area contributed by atoms with Crippen LogP contribution in [0.15, 0.2) is 24.3 Å². The number of benzene rings is 1. The Balaban J connectivity index is 2.01. The van der Waals surface area contributed by atoms with Crippen LogP contribution in [0.1, 0.15) is 18.9 Å². The van der Waals surface area contributed by atoms with E-state index in [0.29, 0.717) is 26.2 Å². The molecule has 0 atom stereocenters. The van der Waals surface area contributed by atoms with Crippen molar-refractivity contribution in [2.45, 2.75) is 19.9 Å². The molecule has 0 unspecified atom stereocenters. The lowest BCUT2D eigenvalue weighted by Crippen LogP contribution is -2.37. The fraction of sp³-hybridized carbons (Fsp3) is 0.571. The Bertz CT molecular complexity index is 531. The van der Waals surface area contributed by atoms with Crippen LogP contribution < -0.4 is 10.1 Å². The SMILES string of the molecule is CCCNCCS(=O)(=O)N1CCOc2ccccc2C1. The highest BCUT2D eigenvalue weighted by molar-refractivity contribution is 7.89. The summed E-state index contributed by atoms with van der Waals surface area (Å²) in [5, 5.41) is 3.13. The quantitative estimate of drug-likeness (QED) is 0.802. The van der Waals surface area contributed by atoms with Crippen LogP contribution in [-0.2, 0) is 16.6 Å². The summed E-state index contributed by atoms with van der Waals surface area (Å²) in [5.41, 5.74) is 0.926. The van der Waals surface area contributed by atoms with Crippen LogP contribution in [0.25, 0.3) is 0 Å². The van der Waals surface area contributed by atoms with Gasteiger partial charge in [0.2, 0.25) is 10.0 Å². The molecule has 0 bridgehead atoms. The van der Waals surface area contributed by atoms with Gasteiger partial charge in [-0.1, -0.05) is 25.1 Å². The van der Waals surface area contributed by atoms with Crippen molar-refractivity contribution in [3.05, 3.63) is 29.8 Å². The second-order valence-corrected chi connectivity index (χ2v) is 6.94. The zero-order valence-electron chi connectivity index (χ0n) is 11.8. The van der Waals surface area contributed by atoms with Crippen LogP contribution in [0, 0.1) is 0 Å². The third-order valence-corrected chi connectivity index (χ3v) is 5.09. The highest BCUT2D eigenvalue weighted by atomic mass is 32.2. The van der Waals surface area contributed by atoms with Gasteiger partial charge in [-0.15, -0.1) is 0 Å². The number of nitrogens with zero attached hydrogens (tertiary/aromatic N) is 1. The summed E-state index contributed by atoms with van der Waals surface area (Å²) in [6.07, 6.45) is 1.00. The molecule has 0 amide bonds. The van der Waals surface area contributed by atoms with E-state index in [1.807, 2.05) is 24.3 Å². The summed E-state index contributed by atoms with van der Waals surface area (Å²) in [7, 11) is -3.24. The van der Waals surface area contributed by atoms with Crippen LogP contribution in [-0.4, -0.2) is 44.7 Å². The van der Waals surface area contributed by atoms with Gasteiger partial charge >= 0.3 is 0 Å². The monoisotopic (exact) mass is 298 g/mol. The fourth-order valence-corrected chi connectivity index (χ4v) is 3.52. The van der Waals surface area contributed by atoms with E-state index in [2.05, 4.69) is 12.2 Å². The fourth-order valence-electron chi connectivity index (χ4n) is 2.17. The Morgan fingerprint density at radius 2 is 2.10 bits per heavy atom. The van der Waals surface area contributed by atoms with Crippen molar-refractivity contribution >= 4 is 10.0 Å². The summed E-state index contributed by atoms with van der Waals surface area (Å²) in [6, 6.07) is 7.60. The largest absolute Gasteiger partial charge is 0.492 e. The van der Waals surface area contributed by atoms with Gasteiger partial charge in [0.15, 0.2) is 0 Å². The number of sulfonamides is 1.